The van der Waals surface area contributed by atoms with E-state index in [1.54, 1.807) is 16.8 Å². The topological polar surface area (TPSA) is 37.8 Å². The first-order valence-electron chi connectivity index (χ1n) is 5.03. The lowest BCUT2D eigenvalue weighted by atomic mass is 10.3. The Balaban J connectivity index is 1.85. The van der Waals surface area contributed by atoms with E-state index < -0.39 is 0 Å². The molecule has 80 valence electrons. The molecular formula is C9H17N3S2. The van der Waals surface area contributed by atoms with Crippen LogP contribution in [0, 0.1) is 0 Å². The maximum Gasteiger partial charge on any atom is 0.174 e. The van der Waals surface area contributed by atoms with Crippen LogP contribution in [0.2, 0.25) is 0 Å². The van der Waals surface area contributed by atoms with E-state index in [2.05, 4.69) is 22.4 Å². The van der Waals surface area contributed by atoms with Gasteiger partial charge in [0.1, 0.15) is 5.51 Å². The molecule has 0 saturated heterocycles. The Hall–Kier alpha value is -0.130. The zero-order valence-electron chi connectivity index (χ0n) is 8.53. The molecule has 0 fully saturated rings. The highest BCUT2D eigenvalue weighted by Crippen LogP contribution is 2.19. The standard InChI is InChI=1S/C9H17N3S2/c1-2-5-10-6-3-4-7-13-9-12-11-8-14-9/h8,10H,2-7H2,1H3. The highest BCUT2D eigenvalue weighted by atomic mass is 32.2. The van der Waals surface area contributed by atoms with Crippen LogP contribution < -0.4 is 5.32 Å². The molecule has 14 heavy (non-hydrogen) atoms. The lowest BCUT2D eigenvalue weighted by Crippen LogP contribution is -2.15. The molecule has 1 aromatic rings. The van der Waals surface area contributed by atoms with Gasteiger partial charge in [-0.15, -0.1) is 10.2 Å². The number of hydrogen-bond donors (Lipinski definition) is 1. The Labute approximate surface area is 93.7 Å². The second kappa shape index (κ2) is 8.20. The van der Waals surface area contributed by atoms with Crippen LogP contribution in [0.4, 0.5) is 0 Å². The fourth-order valence-corrected chi connectivity index (χ4v) is 2.60. The first kappa shape index (κ1) is 11.9. The Kier molecular flexibility index (Phi) is 7.00. The van der Waals surface area contributed by atoms with Crippen molar-refractivity contribution < 1.29 is 0 Å². The molecule has 0 saturated carbocycles. The SMILES string of the molecule is CCCNCCCCSc1nncs1. The van der Waals surface area contributed by atoms with Crippen molar-refractivity contribution in [2.75, 3.05) is 18.8 Å². The lowest BCUT2D eigenvalue weighted by molar-refractivity contribution is 0.635. The van der Waals surface area contributed by atoms with Gasteiger partial charge in [-0.1, -0.05) is 30.0 Å². The molecule has 0 bridgehead atoms. The summed E-state index contributed by atoms with van der Waals surface area (Å²) in [5.74, 6) is 1.16. The van der Waals surface area contributed by atoms with Crippen molar-refractivity contribution >= 4 is 23.1 Å². The Bertz CT molecular complexity index is 214. The minimum absolute atomic E-state index is 1.09. The molecule has 0 aromatic carbocycles. The summed E-state index contributed by atoms with van der Waals surface area (Å²) in [5, 5.41) is 11.2. The second-order valence-electron chi connectivity index (χ2n) is 3.01. The van der Waals surface area contributed by atoms with Crippen LogP contribution in [0.3, 0.4) is 0 Å². The Morgan fingerprint density at radius 1 is 1.43 bits per heavy atom. The number of unbranched alkanes of at least 4 members (excludes halogenated alkanes) is 1. The Morgan fingerprint density at radius 2 is 2.36 bits per heavy atom. The molecule has 3 nitrogen and oxygen atoms in total. The summed E-state index contributed by atoms with van der Waals surface area (Å²) in [4.78, 5) is 0. The van der Waals surface area contributed by atoms with Gasteiger partial charge in [-0.05, 0) is 32.4 Å². The number of hydrogen-bond acceptors (Lipinski definition) is 5. The summed E-state index contributed by atoms with van der Waals surface area (Å²) >= 11 is 3.43. The summed E-state index contributed by atoms with van der Waals surface area (Å²) in [7, 11) is 0. The number of thioether (sulfide) groups is 1. The third-order valence-corrected chi connectivity index (χ3v) is 3.69. The molecule has 0 aliphatic rings. The van der Waals surface area contributed by atoms with Crippen LogP contribution in [0.15, 0.2) is 9.85 Å². The highest BCUT2D eigenvalue weighted by molar-refractivity contribution is 8.00. The van der Waals surface area contributed by atoms with Crippen LogP contribution >= 0.6 is 23.1 Å². The van der Waals surface area contributed by atoms with E-state index in [1.165, 1.54) is 19.3 Å². The van der Waals surface area contributed by atoms with E-state index >= 15 is 0 Å². The van der Waals surface area contributed by atoms with Crippen molar-refractivity contribution in [2.24, 2.45) is 0 Å². The molecule has 1 heterocycles. The third-order valence-electron chi connectivity index (χ3n) is 1.74. The quantitative estimate of drug-likeness (QED) is 0.551. The van der Waals surface area contributed by atoms with Crippen molar-refractivity contribution in [3.63, 3.8) is 0 Å². The molecular weight excluding hydrogens is 214 g/mol. The van der Waals surface area contributed by atoms with Gasteiger partial charge in [-0.25, -0.2) is 0 Å². The second-order valence-corrected chi connectivity index (χ2v) is 5.19. The first-order chi connectivity index (χ1) is 6.93. The first-order valence-corrected chi connectivity index (χ1v) is 6.89. The van der Waals surface area contributed by atoms with Gasteiger partial charge in [0.25, 0.3) is 0 Å². The average molecular weight is 231 g/mol. The predicted octanol–water partition coefficient (Wildman–Crippen LogP) is 2.41. The fraction of sp³-hybridized carbons (Fsp3) is 0.778. The zero-order chi connectivity index (χ0) is 10.1. The van der Waals surface area contributed by atoms with Crippen LogP contribution in [-0.2, 0) is 0 Å². The molecule has 0 aliphatic carbocycles. The van der Waals surface area contributed by atoms with E-state index in [0.717, 1.165) is 23.2 Å². The van der Waals surface area contributed by atoms with Gasteiger partial charge in [0.2, 0.25) is 0 Å². The van der Waals surface area contributed by atoms with Gasteiger partial charge >= 0.3 is 0 Å². The maximum atomic E-state index is 3.98. The summed E-state index contributed by atoms with van der Waals surface area (Å²) in [5.41, 5.74) is 1.78. The highest BCUT2D eigenvalue weighted by Gasteiger charge is 1.96. The van der Waals surface area contributed by atoms with Gasteiger partial charge < -0.3 is 5.32 Å². The number of rotatable bonds is 8. The molecule has 1 aromatic heterocycles. The normalized spacial score (nSPS) is 10.6. The van der Waals surface area contributed by atoms with Crippen molar-refractivity contribution in [3.05, 3.63) is 5.51 Å². The molecule has 0 radical (unpaired) electrons. The zero-order valence-corrected chi connectivity index (χ0v) is 10.2. The molecule has 5 heteroatoms. The lowest BCUT2D eigenvalue weighted by Gasteiger charge is -2.01. The maximum absolute atomic E-state index is 3.98. The molecule has 0 spiro atoms. The van der Waals surface area contributed by atoms with E-state index in [1.807, 2.05) is 11.8 Å². The van der Waals surface area contributed by atoms with Crippen molar-refractivity contribution in [1.29, 1.82) is 0 Å². The van der Waals surface area contributed by atoms with Crippen molar-refractivity contribution in [1.82, 2.24) is 15.5 Å². The van der Waals surface area contributed by atoms with Gasteiger partial charge in [-0.3, -0.25) is 0 Å². The predicted molar refractivity (Wildman–Crippen MR) is 63.0 cm³/mol. The Morgan fingerprint density at radius 3 is 3.07 bits per heavy atom. The van der Waals surface area contributed by atoms with Gasteiger partial charge in [0, 0.05) is 5.75 Å². The molecule has 1 rings (SSSR count). The van der Waals surface area contributed by atoms with E-state index in [-0.39, 0.29) is 0 Å². The van der Waals surface area contributed by atoms with Gasteiger partial charge in [-0.2, -0.15) is 0 Å². The number of aromatic nitrogens is 2. The van der Waals surface area contributed by atoms with E-state index in [9.17, 15) is 0 Å². The molecule has 0 amide bonds. The smallest absolute Gasteiger partial charge is 0.174 e. The minimum atomic E-state index is 1.09. The van der Waals surface area contributed by atoms with Crippen LogP contribution in [-0.4, -0.2) is 29.0 Å². The average Bonchev–Trinajstić information content (AvgIpc) is 2.69. The third kappa shape index (κ3) is 5.57. The van der Waals surface area contributed by atoms with Crippen LogP contribution in [0.1, 0.15) is 26.2 Å². The van der Waals surface area contributed by atoms with Crippen molar-refractivity contribution in [2.45, 2.75) is 30.5 Å². The summed E-state index contributed by atoms with van der Waals surface area (Å²) in [6, 6.07) is 0. The number of nitrogens with one attached hydrogen (secondary N) is 1. The summed E-state index contributed by atoms with van der Waals surface area (Å²) < 4.78 is 1.09. The van der Waals surface area contributed by atoms with Gasteiger partial charge in [0.15, 0.2) is 4.34 Å². The van der Waals surface area contributed by atoms with Gasteiger partial charge in [0.05, 0.1) is 0 Å². The fourth-order valence-electron chi connectivity index (χ4n) is 1.04. The van der Waals surface area contributed by atoms with Crippen molar-refractivity contribution in [3.8, 4) is 0 Å². The minimum Gasteiger partial charge on any atom is -0.317 e. The van der Waals surface area contributed by atoms with Crippen LogP contribution in [0.5, 0.6) is 0 Å². The molecule has 0 unspecified atom stereocenters. The summed E-state index contributed by atoms with van der Waals surface area (Å²) in [6.07, 6.45) is 3.73. The monoisotopic (exact) mass is 231 g/mol. The summed E-state index contributed by atoms with van der Waals surface area (Å²) in [6.45, 7) is 4.48. The molecule has 1 N–H and O–H groups in total. The van der Waals surface area contributed by atoms with Crippen LogP contribution in [0.25, 0.3) is 0 Å². The largest absolute Gasteiger partial charge is 0.317 e. The number of nitrogens with zero attached hydrogens (tertiary/aromatic N) is 2. The molecule has 0 aliphatic heterocycles. The van der Waals surface area contributed by atoms with E-state index in [0.29, 0.717) is 0 Å². The van der Waals surface area contributed by atoms with E-state index in [4.69, 9.17) is 0 Å². The molecule has 0 atom stereocenters.